The normalized spacial score (nSPS) is 14.1. The van der Waals surface area contributed by atoms with Crippen LogP contribution in [0.5, 0.6) is 5.75 Å². The quantitative estimate of drug-likeness (QED) is 0.564. The summed E-state index contributed by atoms with van der Waals surface area (Å²) in [6.45, 7) is 4.69. The standard InChI is InChI=1S/C23H30N4O3/c1-16-5-3-4-6-19(16)26-23(29)27-20-8-7-18(13-21(20)30-2)14-22(28)25-15-17-9-11-24-12-10-17/h3-8,13,17,24H,9-12,14-15H2,1-2H3,(H,25,28)(H2,26,27,29). The van der Waals surface area contributed by atoms with Gasteiger partial charge in [-0.2, -0.15) is 0 Å². The topological polar surface area (TPSA) is 91.5 Å². The molecule has 0 aromatic heterocycles. The number of benzene rings is 2. The number of rotatable bonds is 7. The van der Waals surface area contributed by atoms with Gasteiger partial charge in [0, 0.05) is 12.2 Å². The molecule has 7 nitrogen and oxygen atoms in total. The maximum atomic E-state index is 12.4. The fraction of sp³-hybridized carbons (Fsp3) is 0.391. The summed E-state index contributed by atoms with van der Waals surface area (Å²) in [6, 6.07) is 12.6. The predicted molar refractivity (Wildman–Crippen MR) is 119 cm³/mol. The molecule has 160 valence electrons. The monoisotopic (exact) mass is 410 g/mol. The number of anilines is 2. The van der Waals surface area contributed by atoms with Crippen LogP contribution in [0.15, 0.2) is 42.5 Å². The second-order valence-electron chi connectivity index (χ2n) is 7.60. The molecular weight excluding hydrogens is 380 g/mol. The molecule has 2 aromatic carbocycles. The van der Waals surface area contributed by atoms with Gasteiger partial charge in [0.05, 0.1) is 19.2 Å². The van der Waals surface area contributed by atoms with Crippen LogP contribution in [0.25, 0.3) is 0 Å². The number of nitrogens with one attached hydrogen (secondary N) is 4. The molecule has 1 aliphatic rings. The summed E-state index contributed by atoms with van der Waals surface area (Å²) in [4.78, 5) is 24.7. The van der Waals surface area contributed by atoms with Gasteiger partial charge in [0.25, 0.3) is 0 Å². The van der Waals surface area contributed by atoms with E-state index in [0.29, 0.717) is 17.4 Å². The highest BCUT2D eigenvalue weighted by Crippen LogP contribution is 2.26. The summed E-state index contributed by atoms with van der Waals surface area (Å²) in [5.74, 6) is 1.05. The van der Waals surface area contributed by atoms with Gasteiger partial charge in [-0.25, -0.2) is 4.79 Å². The van der Waals surface area contributed by atoms with E-state index >= 15 is 0 Å². The zero-order valence-electron chi connectivity index (χ0n) is 17.6. The molecule has 0 unspecified atom stereocenters. The molecular formula is C23H30N4O3. The lowest BCUT2D eigenvalue weighted by Crippen LogP contribution is -2.36. The van der Waals surface area contributed by atoms with Gasteiger partial charge < -0.3 is 26.0 Å². The fourth-order valence-electron chi connectivity index (χ4n) is 3.53. The minimum atomic E-state index is -0.352. The molecule has 2 aromatic rings. The Morgan fingerprint density at radius 2 is 1.80 bits per heavy atom. The number of para-hydroxylation sites is 1. The van der Waals surface area contributed by atoms with Crippen molar-refractivity contribution in [3.8, 4) is 5.75 Å². The van der Waals surface area contributed by atoms with Crippen LogP contribution in [0.1, 0.15) is 24.0 Å². The number of carbonyl (C=O) groups excluding carboxylic acids is 2. The van der Waals surface area contributed by atoms with Crippen LogP contribution in [0.3, 0.4) is 0 Å². The lowest BCUT2D eigenvalue weighted by Gasteiger charge is -2.22. The van der Waals surface area contributed by atoms with Crippen molar-refractivity contribution < 1.29 is 14.3 Å². The van der Waals surface area contributed by atoms with E-state index in [4.69, 9.17) is 4.74 Å². The second kappa shape index (κ2) is 10.6. The average Bonchev–Trinajstić information content (AvgIpc) is 2.75. The largest absolute Gasteiger partial charge is 0.495 e. The van der Waals surface area contributed by atoms with Crippen molar-refractivity contribution in [2.24, 2.45) is 5.92 Å². The Morgan fingerprint density at radius 3 is 2.53 bits per heavy atom. The third kappa shape index (κ3) is 6.22. The Kier molecular flexibility index (Phi) is 7.68. The van der Waals surface area contributed by atoms with Crippen molar-refractivity contribution >= 4 is 23.3 Å². The van der Waals surface area contributed by atoms with Crippen molar-refractivity contribution in [1.82, 2.24) is 10.6 Å². The molecule has 4 N–H and O–H groups in total. The van der Waals surface area contributed by atoms with E-state index in [1.807, 2.05) is 37.3 Å². The molecule has 3 rings (SSSR count). The van der Waals surface area contributed by atoms with Crippen LogP contribution < -0.4 is 26.0 Å². The first kappa shape index (κ1) is 21.6. The van der Waals surface area contributed by atoms with Crippen molar-refractivity contribution in [1.29, 1.82) is 0 Å². The van der Waals surface area contributed by atoms with Crippen molar-refractivity contribution in [3.05, 3.63) is 53.6 Å². The molecule has 1 aliphatic heterocycles. The van der Waals surface area contributed by atoms with Crippen LogP contribution in [-0.4, -0.2) is 38.7 Å². The first-order valence-corrected chi connectivity index (χ1v) is 10.3. The fourth-order valence-corrected chi connectivity index (χ4v) is 3.53. The summed E-state index contributed by atoms with van der Waals surface area (Å²) < 4.78 is 5.42. The molecule has 0 saturated carbocycles. The number of hydrogen-bond donors (Lipinski definition) is 4. The number of urea groups is 1. The van der Waals surface area contributed by atoms with Crippen LogP contribution in [-0.2, 0) is 11.2 Å². The predicted octanol–water partition coefficient (Wildman–Crippen LogP) is 3.31. The third-order valence-electron chi connectivity index (χ3n) is 5.32. The maximum absolute atomic E-state index is 12.4. The average molecular weight is 411 g/mol. The van der Waals surface area contributed by atoms with E-state index in [2.05, 4.69) is 21.3 Å². The minimum Gasteiger partial charge on any atom is -0.495 e. The van der Waals surface area contributed by atoms with E-state index in [0.717, 1.165) is 49.3 Å². The Morgan fingerprint density at radius 1 is 1.07 bits per heavy atom. The van der Waals surface area contributed by atoms with E-state index in [-0.39, 0.29) is 18.4 Å². The van der Waals surface area contributed by atoms with Crippen molar-refractivity contribution in [3.63, 3.8) is 0 Å². The smallest absolute Gasteiger partial charge is 0.323 e. The second-order valence-corrected chi connectivity index (χ2v) is 7.60. The van der Waals surface area contributed by atoms with Gasteiger partial charge in [-0.05, 0) is 68.1 Å². The lowest BCUT2D eigenvalue weighted by atomic mass is 9.98. The number of carbonyl (C=O) groups is 2. The number of piperidine rings is 1. The molecule has 1 fully saturated rings. The van der Waals surface area contributed by atoms with Crippen molar-refractivity contribution in [2.75, 3.05) is 37.4 Å². The van der Waals surface area contributed by atoms with Gasteiger partial charge in [-0.3, -0.25) is 4.79 Å². The van der Waals surface area contributed by atoms with Crippen LogP contribution in [0.2, 0.25) is 0 Å². The highest BCUT2D eigenvalue weighted by Gasteiger charge is 2.15. The van der Waals surface area contributed by atoms with E-state index in [1.54, 1.807) is 19.2 Å². The number of methoxy groups -OCH3 is 1. The van der Waals surface area contributed by atoms with E-state index in [1.165, 1.54) is 0 Å². The molecule has 3 amide bonds. The van der Waals surface area contributed by atoms with Gasteiger partial charge >= 0.3 is 6.03 Å². The molecule has 30 heavy (non-hydrogen) atoms. The highest BCUT2D eigenvalue weighted by molar-refractivity contribution is 6.01. The Balaban J connectivity index is 1.55. The summed E-state index contributed by atoms with van der Waals surface area (Å²) in [5.41, 5.74) is 3.10. The first-order chi connectivity index (χ1) is 14.5. The molecule has 0 aliphatic carbocycles. The summed E-state index contributed by atoms with van der Waals surface area (Å²) in [7, 11) is 1.54. The first-order valence-electron chi connectivity index (χ1n) is 10.3. The minimum absolute atomic E-state index is 0.00593. The summed E-state index contributed by atoms with van der Waals surface area (Å²) in [5, 5.41) is 12.0. The molecule has 1 saturated heterocycles. The van der Waals surface area contributed by atoms with Gasteiger partial charge in [-0.15, -0.1) is 0 Å². The molecule has 0 spiro atoms. The Hall–Kier alpha value is -3.06. The van der Waals surface area contributed by atoms with Gasteiger partial charge in [0.15, 0.2) is 0 Å². The number of amides is 3. The van der Waals surface area contributed by atoms with Crippen LogP contribution in [0, 0.1) is 12.8 Å². The number of ether oxygens (including phenoxy) is 1. The molecule has 1 heterocycles. The molecule has 0 atom stereocenters. The summed E-state index contributed by atoms with van der Waals surface area (Å²) >= 11 is 0. The van der Waals surface area contributed by atoms with Crippen molar-refractivity contribution in [2.45, 2.75) is 26.2 Å². The maximum Gasteiger partial charge on any atom is 0.323 e. The van der Waals surface area contributed by atoms with Gasteiger partial charge in [-0.1, -0.05) is 24.3 Å². The van der Waals surface area contributed by atoms with Crippen LogP contribution in [0.4, 0.5) is 16.2 Å². The lowest BCUT2D eigenvalue weighted by molar-refractivity contribution is -0.120. The van der Waals surface area contributed by atoms with E-state index in [9.17, 15) is 9.59 Å². The number of aryl methyl sites for hydroxylation is 1. The Labute approximate surface area is 177 Å². The Bertz CT molecular complexity index is 879. The van der Waals surface area contributed by atoms with Crippen LogP contribution >= 0.6 is 0 Å². The third-order valence-corrected chi connectivity index (χ3v) is 5.32. The molecule has 0 radical (unpaired) electrons. The molecule has 7 heteroatoms. The van der Waals surface area contributed by atoms with E-state index < -0.39 is 0 Å². The SMILES string of the molecule is COc1cc(CC(=O)NCC2CCNCC2)ccc1NC(=O)Nc1ccccc1C. The number of hydrogen-bond acceptors (Lipinski definition) is 4. The highest BCUT2D eigenvalue weighted by atomic mass is 16.5. The van der Waals surface area contributed by atoms with Gasteiger partial charge in [0.2, 0.25) is 5.91 Å². The zero-order valence-corrected chi connectivity index (χ0v) is 17.6. The summed E-state index contributed by atoms with van der Waals surface area (Å²) in [6.07, 6.45) is 2.47. The zero-order chi connectivity index (χ0) is 21.3. The van der Waals surface area contributed by atoms with Gasteiger partial charge in [0.1, 0.15) is 5.75 Å². The molecule has 0 bridgehead atoms.